The number of carbonyl (C=O) groups excluding carboxylic acids is 11. The van der Waals surface area contributed by atoms with Gasteiger partial charge in [-0.1, -0.05) is 59.7 Å². The van der Waals surface area contributed by atoms with E-state index in [1.807, 2.05) is 0 Å². The average molecular weight is 1480 g/mol. The first-order valence-electron chi connectivity index (χ1n) is 25.8. The monoisotopic (exact) mass is 1490 g/mol. The molecule has 0 radical (unpaired) electrons. The van der Waals surface area contributed by atoms with Gasteiger partial charge in [0, 0.05) is 123 Å². The van der Waals surface area contributed by atoms with Crippen LogP contribution in [0.2, 0.25) is 0 Å². The standard InChI is InChI=1S/C52H71N11O16S2.2Gd/c1-26(2)18-38(60-48(75)39(56-30(6)66)22-53-29(5)65)52(79)63-17-7-8-41(63)50(77)61-40-25-81-80-24-27(3)55-51(78)44(28(4)64)62-42(69)23-54-45(72)35(19-31-9-13-33(67)14-10-31)57-46(73)36(20-32-11-15-34(68)16-12-32)58-47(74)37(21-43(70)71)59-49(40)76;;/h9-16,26-28,35-41,44,64,67-68H,5-8,17-25H2,1-4H3,(H,53,65)(H,54,72)(H,55,78)(H,56,66)(H,57,73)(H,58,74)(H,59,76)(H,60,75)(H,61,77)(H,62,69)(H,70,71);;/q-2;;/t27-,28?,35+,36+,37+,38+,39?,40+,41+,44+;;/m1../s1. The molecule has 2 saturated heterocycles. The molecule has 2 aliphatic rings. The smallest absolute Gasteiger partial charge is 0.305 e. The van der Waals surface area contributed by atoms with Crippen molar-refractivity contribution >= 4 is 92.5 Å². The van der Waals surface area contributed by atoms with Crippen molar-refractivity contribution in [2.24, 2.45) is 5.92 Å². The Kier molecular flexibility index (Phi) is 32.5. The Balaban J connectivity index is 0.0000118. The molecule has 11 amide bonds. The van der Waals surface area contributed by atoms with E-state index in [2.05, 4.69) is 67.0 Å². The number of aliphatic hydroxyl groups excluding tert-OH is 1. The molecule has 0 aromatic heterocycles. The predicted octanol–water partition coefficient (Wildman–Crippen LogP) is -3.03. The number of rotatable bonds is 17. The van der Waals surface area contributed by atoms with Gasteiger partial charge in [0.25, 0.3) is 0 Å². The van der Waals surface area contributed by atoms with Crippen molar-refractivity contribution in [3.05, 3.63) is 73.5 Å². The summed E-state index contributed by atoms with van der Waals surface area (Å²) in [4.78, 5) is 163. The number of carboxylic acid groups (broad SMARTS) is 1. The first-order chi connectivity index (χ1) is 38.2. The summed E-state index contributed by atoms with van der Waals surface area (Å²) in [6.45, 7) is 11.7. The van der Waals surface area contributed by atoms with Gasteiger partial charge in [0.15, 0.2) is 0 Å². The number of benzene rings is 2. The molecule has 0 spiro atoms. The topological polar surface area (TPSA) is 409 Å². The first kappa shape index (κ1) is 73.8. The summed E-state index contributed by atoms with van der Waals surface area (Å²) in [5.41, 5.74) is 0.765. The number of nitrogens with one attached hydrogen (secondary N) is 10. The van der Waals surface area contributed by atoms with Crippen molar-refractivity contribution in [2.45, 2.75) is 127 Å². The van der Waals surface area contributed by atoms with E-state index < -0.39 is 151 Å². The van der Waals surface area contributed by atoms with E-state index in [9.17, 15) is 78.0 Å². The van der Waals surface area contributed by atoms with E-state index >= 15 is 0 Å². The van der Waals surface area contributed by atoms with Crippen LogP contribution in [0.15, 0.2) is 48.5 Å². The summed E-state index contributed by atoms with van der Waals surface area (Å²) in [7, 11) is 2.12. The van der Waals surface area contributed by atoms with E-state index in [1.54, 1.807) is 20.8 Å². The van der Waals surface area contributed by atoms with Crippen LogP contribution in [0.4, 0.5) is 0 Å². The molecule has 460 valence electrons. The molecule has 2 fully saturated rings. The molecule has 4 rings (SSSR count). The molecular weight excluding hydrogens is 1410 g/mol. The first-order valence-corrected chi connectivity index (χ1v) is 28.3. The molecule has 2 heterocycles. The van der Waals surface area contributed by atoms with Crippen LogP contribution in [0.5, 0.6) is 11.5 Å². The van der Waals surface area contributed by atoms with Crippen molar-refractivity contribution in [2.75, 3.05) is 31.1 Å². The van der Waals surface area contributed by atoms with Crippen LogP contribution in [-0.2, 0) is 70.4 Å². The summed E-state index contributed by atoms with van der Waals surface area (Å²) in [6.07, 6.45) is -2.63. The number of phenols is 2. The SMILES string of the molecule is [CH2-]C(=O)NCC(NC([CH2-])=O)C(=O)N[C@@H](CC(C)C)C(=O)N1CCC[C@H]1C(=O)N[C@H]1CSSC[C@@H](C)NC(=O)[C@H](C(C)O)NC(=O)CNC(=O)[C@H](Cc2ccc(O)cc2)NC(=O)[C@H](Cc2ccc(O)cc2)NC(=O)[C@H](CC(=O)O)NC1=O.[Gd].[Gd]. The van der Waals surface area contributed by atoms with E-state index in [1.165, 1.54) is 60.4 Å². The minimum Gasteiger partial charge on any atom is -0.508 e. The van der Waals surface area contributed by atoms with Gasteiger partial charge in [0.1, 0.15) is 59.8 Å². The number of aliphatic carboxylic acids is 1. The van der Waals surface area contributed by atoms with Crippen LogP contribution in [0, 0.1) is 99.6 Å². The van der Waals surface area contributed by atoms with E-state index in [-0.39, 0.29) is 141 Å². The van der Waals surface area contributed by atoms with Gasteiger partial charge in [-0.15, -0.1) is 0 Å². The molecule has 10 atom stereocenters. The molecule has 83 heavy (non-hydrogen) atoms. The predicted molar refractivity (Wildman–Crippen MR) is 295 cm³/mol. The quantitative estimate of drug-likeness (QED) is 0.0553. The van der Waals surface area contributed by atoms with Crippen molar-refractivity contribution < 1.29 is 158 Å². The van der Waals surface area contributed by atoms with Gasteiger partial charge < -0.3 is 102 Å². The third-order valence-electron chi connectivity index (χ3n) is 12.5. The Labute approximate surface area is 551 Å². The van der Waals surface area contributed by atoms with Crippen molar-refractivity contribution in [1.29, 1.82) is 0 Å². The number of phenolic OH excluding ortho intramolecular Hbond substituents is 2. The van der Waals surface area contributed by atoms with Crippen LogP contribution >= 0.6 is 21.6 Å². The number of carboxylic acids is 1. The second kappa shape index (κ2) is 36.5. The number of aliphatic hydroxyl groups is 1. The summed E-state index contributed by atoms with van der Waals surface area (Å²) in [6, 6.07) is -1.68. The molecule has 0 bridgehead atoms. The summed E-state index contributed by atoms with van der Waals surface area (Å²) >= 11 is 0. The van der Waals surface area contributed by atoms with Gasteiger partial charge in [-0.05, 0) is 74.4 Å². The Morgan fingerprint density at radius 3 is 1.77 bits per heavy atom. The molecule has 2 aromatic carbocycles. The molecule has 27 nitrogen and oxygen atoms in total. The molecule has 14 N–H and O–H groups in total. The number of nitrogens with zero attached hydrogens (tertiary/aromatic N) is 1. The number of likely N-dealkylation sites (tertiary alicyclic amines) is 1. The fraction of sp³-hybridized carbons (Fsp3) is 0.500. The third kappa shape index (κ3) is 25.5. The minimum atomic E-state index is -1.93. The Hall–Kier alpha value is -5.27. The van der Waals surface area contributed by atoms with E-state index in [0.717, 1.165) is 21.6 Å². The van der Waals surface area contributed by atoms with Crippen LogP contribution < -0.4 is 53.2 Å². The van der Waals surface area contributed by atoms with Gasteiger partial charge in [0.05, 0.1) is 30.9 Å². The Morgan fingerprint density at radius 1 is 0.699 bits per heavy atom. The molecule has 2 aliphatic heterocycles. The van der Waals surface area contributed by atoms with E-state index in [4.69, 9.17) is 0 Å². The summed E-state index contributed by atoms with van der Waals surface area (Å²) in [5.74, 6) is -12.1. The second-order valence-electron chi connectivity index (χ2n) is 19.9. The number of carbonyl (C=O) groups is 12. The van der Waals surface area contributed by atoms with Gasteiger partial charge >= 0.3 is 5.97 Å². The van der Waals surface area contributed by atoms with Crippen LogP contribution in [0.1, 0.15) is 64.5 Å². The fourth-order valence-electron chi connectivity index (χ4n) is 8.45. The normalized spacial score (nSPS) is 22.5. The summed E-state index contributed by atoms with van der Waals surface area (Å²) in [5, 5.41) is 65.3. The van der Waals surface area contributed by atoms with Gasteiger partial charge in [-0.25, -0.2) is 0 Å². The maximum Gasteiger partial charge on any atom is 0.305 e. The molecule has 31 heteroatoms. The maximum absolute atomic E-state index is 14.5. The zero-order chi connectivity index (χ0) is 60.1. The fourth-order valence-corrected chi connectivity index (χ4v) is 10.9. The van der Waals surface area contributed by atoms with Crippen molar-refractivity contribution in [1.82, 2.24) is 58.1 Å². The van der Waals surface area contributed by atoms with Crippen LogP contribution in [0.3, 0.4) is 0 Å². The molecular formula is C52H71Gd2N11O16S2-2. The number of aromatic hydroxyl groups is 2. The van der Waals surface area contributed by atoms with E-state index in [0.29, 0.717) is 17.5 Å². The second-order valence-corrected chi connectivity index (χ2v) is 22.4. The molecule has 2 unspecified atom stereocenters. The largest absolute Gasteiger partial charge is 0.508 e. The van der Waals surface area contributed by atoms with Crippen LogP contribution in [-0.4, -0.2) is 188 Å². The Bertz CT molecular complexity index is 2610. The van der Waals surface area contributed by atoms with Crippen molar-refractivity contribution in [3.63, 3.8) is 0 Å². The van der Waals surface area contributed by atoms with Gasteiger partial charge in [-0.3, -0.25) is 47.9 Å². The zero-order valence-corrected chi connectivity index (χ0v) is 52.0. The van der Waals surface area contributed by atoms with Crippen LogP contribution in [0.25, 0.3) is 0 Å². The summed E-state index contributed by atoms with van der Waals surface area (Å²) < 4.78 is 0. The average Bonchev–Trinajstić information content (AvgIpc) is 3.90. The Morgan fingerprint density at radius 2 is 1.24 bits per heavy atom. The zero-order valence-electron chi connectivity index (χ0n) is 45.8. The van der Waals surface area contributed by atoms with Gasteiger partial charge in [0.2, 0.25) is 53.2 Å². The third-order valence-corrected chi connectivity index (χ3v) is 15.1. The maximum atomic E-state index is 14.5. The molecule has 0 aliphatic carbocycles. The van der Waals surface area contributed by atoms with Gasteiger partial charge in [-0.2, -0.15) is 0 Å². The number of amides is 11. The van der Waals surface area contributed by atoms with Crippen molar-refractivity contribution in [3.8, 4) is 11.5 Å². The molecule has 2 aromatic rings. The minimum absolute atomic E-state index is 0. The molecule has 0 saturated carbocycles. The number of hydrogen-bond donors (Lipinski definition) is 14. The number of hydrogen-bond acceptors (Lipinski definition) is 17.